The molecule has 17 heavy (non-hydrogen) atoms. The van der Waals surface area contributed by atoms with E-state index in [1.807, 2.05) is 17.9 Å². The summed E-state index contributed by atoms with van der Waals surface area (Å²) in [6, 6.07) is 1.60. The summed E-state index contributed by atoms with van der Waals surface area (Å²) < 4.78 is 1.61. The Kier molecular flexibility index (Phi) is 4.13. The van der Waals surface area contributed by atoms with Crippen LogP contribution in [0.3, 0.4) is 0 Å². The van der Waals surface area contributed by atoms with Crippen LogP contribution in [0.15, 0.2) is 10.5 Å². The molecular formula is C11H13BrClNO2S. The van der Waals surface area contributed by atoms with Crippen molar-refractivity contribution in [3.8, 4) is 0 Å². The van der Waals surface area contributed by atoms with Crippen LogP contribution in [0.5, 0.6) is 0 Å². The van der Waals surface area contributed by atoms with Gasteiger partial charge >= 0.3 is 5.97 Å². The third kappa shape index (κ3) is 2.84. The lowest BCUT2D eigenvalue weighted by molar-refractivity contribution is -0.143. The van der Waals surface area contributed by atoms with E-state index in [0.29, 0.717) is 6.54 Å². The van der Waals surface area contributed by atoms with Crippen molar-refractivity contribution in [3.63, 3.8) is 0 Å². The van der Waals surface area contributed by atoms with Crippen LogP contribution in [0.4, 0.5) is 0 Å². The fraction of sp³-hybridized carbons (Fsp3) is 0.545. The van der Waals surface area contributed by atoms with E-state index in [9.17, 15) is 9.90 Å². The van der Waals surface area contributed by atoms with E-state index in [1.165, 1.54) is 11.3 Å². The molecule has 0 amide bonds. The van der Waals surface area contributed by atoms with Crippen LogP contribution in [-0.4, -0.2) is 28.6 Å². The highest BCUT2D eigenvalue weighted by Crippen LogP contribution is 2.34. The maximum atomic E-state index is 11.2. The molecule has 2 unspecified atom stereocenters. The van der Waals surface area contributed by atoms with Gasteiger partial charge < -0.3 is 5.11 Å². The summed E-state index contributed by atoms with van der Waals surface area (Å²) in [4.78, 5) is 14.3. The Morgan fingerprint density at radius 2 is 2.47 bits per heavy atom. The summed E-state index contributed by atoms with van der Waals surface area (Å²) in [6.45, 7) is 3.50. The molecule has 0 aliphatic carbocycles. The third-order valence-electron chi connectivity index (χ3n) is 3.11. The van der Waals surface area contributed by atoms with Crippen LogP contribution in [0, 0.1) is 5.92 Å². The largest absolute Gasteiger partial charge is 0.480 e. The van der Waals surface area contributed by atoms with Crippen molar-refractivity contribution >= 4 is 44.8 Å². The molecule has 0 bridgehead atoms. The number of rotatable bonds is 3. The predicted octanol–water partition coefficient (Wildman–Crippen LogP) is 3.46. The molecule has 1 aliphatic rings. The quantitative estimate of drug-likeness (QED) is 0.917. The molecule has 2 atom stereocenters. The highest BCUT2D eigenvalue weighted by atomic mass is 79.9. The topological polar surface area (TPSA) is 40.5 Å². The van der Waals surface area contributed by atoms with E-state index in [2.05, 4.69) is 15.9 Å². The van der Waals surface area contributed by atoms with Gasteiger partial charge in [-0.25, -0.2) is 0 Å². The highest BCUT2D eigenvalue weighted by molar-refractivity contribution is 9.10. The average molecular weight is 339 g/mol. The first-order valence-electron chi connectivity index (χ1n) is 5.39. The van der Waals surface area contributed by atoms with Crippen molar-refractivity contribution in [3.05, 3.63) is 19.8 Å². The molecule has 1 N–H and O–H groups in total. The molecule has 1 aromatic rings. The monoisotopic (exact) mass is 337 g/mol. The van der Waals surface area contributed by atoms with Crippen molar-refractivity contribution in [1.82, 2.24) is 4.90 Å². The number of halogens is 2. The Balaban J connectivity index is 2.10. The number of likely N-dealkylation sites (tertiary alicyclic amines) is 1. The van der Waals surface area contributed by atoms with Crippen LogP contribution < -0.4 is 0 Å². The SMILES string of the molecule is CC1CCN(Cc2cc(Br)c(Cl)s2)C1C(=O)O. The fourth-order valence-corrected chi connectivity index (χ4v) is 4.09. The first kappa shape index (κ1) is 13.3. The molecule has 1 aliphatic heterocycles. The van der Waals surface area contributed by atoms with Gasteiger partial charge in [-0.3, -0.25) is 9.69 Å². The molecular weight excluding hydrogens is 326 g/mol. The van der Waals surface area contributed by atoms with Crippen molar-refractivity contribution < 1.29 is 9.90 Å². The van der Waals surface area contributed by atoms with Crippen molar-refractivity contribution in [1.29, 1.82) is 0 Å². The zero-order valence-corrected chi connectivity index (χ0v) is 12.5. The Morgan fingerprint density at radius 3 is 3.00 bits per heavy atom. The number of aliphatic carboxylic acids is 1. The van der Waals surface area contributed by atoms with Gasteiger partial charge in [0.2, 0.25) is 0 Å². The minimum absolute atomic E-state index is 0.214. The molecule has 6 heteroatoms. The lowest BCUT2D eigenvalue weighted by atomic mass is 10.0. The molecule has 0 saturated carbocycles. The number of thiophene rings is 1. The maximum Gasteiger partial charge on any atom is 0.321 e. The van der Waals surface area contributed by atoms with Gasteiger partial charge in [-0.2, -0.15) is 0 Å². The van der Waals surface area contributed by atoms with Gasteiger partial charge in [0.25, 0.3) is 0 Å². The molecule has 1 aromatic heterocycles. The number of carboxylic acids is 1. The lowest BCUT2D eigenvalue weighted by Gasteiger charge is -2.22. The summed E-state index contributed by atoms with van der Waals surface area (Å²) in [5, 5.41) is 9.22. The second-order valence-electron chi connectivity index (χ2n) is 4.35. The van der Waals surface area contributed by atoms with Crippen LogP contribution in [0.2, 0.25) is 4.34 Å². The molecule has 0 aromatic carbocycles. The Morgan fingerprint density at radius 1 is 1.76 bits per heavy atom. The van der Waals surface area contributed by atoms with Gasteiger partial charge in [0.1, 0.15) is 10.4 Å². The average Bonchev–Trinajstić information content (AvgIpc) is 2.72. The molecule has 0 spiro atoms. The van der Waals surface area contributed by atoms with E-state index in [-0.39, 0.29) is 12.0 Å². The van der Waals surface area contributed by atoms with E-state index in [4.69, 9.17) is 11.6 Å². The fourth-order valence-electron chi connectivity index (χ4n) is 2.27. The smallest absolute Gasteiger partial charge is 0.321 e. The summed E-state index contributed by atoms with van der Waals surface area (Å²) >= 11 is 10.8. The van der Waals surface area contributed by atoms with Crippen molar-refractivity contribution in [2.45, 2.75) is 25.9 Å². The second kappa shape index (κ2) is 5.26. The number of hydrogen-bond donors (Lipinski definition) is 1. The van der Waals surface area contributed by atoms with E-state index in [1.54, 1.807) is 0 Å². The molecule has 2 rings (SSSR count). The molecule has 2 heterocycles. The van der Waals surface area contributed by atoms with Gasteiger partial charge in [-0.1, -0.05) is 18.5 Å². The lowest BCUT2D eigenvalue weighted by Crippen LogP contribution is -2.38. The molecule has 0 radical (unpaired) electrons. The summed E-state index contributed by atoms with van der Waals surface area (Å²) in [5.74, 6) is -0.511. The minimum Gasteiger partial charge on any atom is -0.480 e. The first-order valence-corrected chi connectivity index (χ1v) is 7.38. The summed E-state index contributed by atoms with van der Waals surface area (Å²) in [7, 11) is 0. The van der Waals surface area contributed by atoms with Crippen LogP contribution in [0.1, 0.15) is 18.2 Å². The van der Waals surface area contributed by atoms with E-state index >= 15 is 0 Å². The zero-order chi connectivity index (χ0) is 12.6. The van der Waals surface area contributed by atoms with E-state index < -0.39 is 5.97 Å². The normalized spacial score (nSPS) is 25.4. The number of carboxylic acid groups (broad SMARTS) is 1. The molecule has 3 nitrogen and oxygen atoms in total. The van der Waals surface area contributed by atoms with Crippen molar-refractivity contribution in [2.75, 3.05) is 6.54 Å². The molecule has 1 saturated heterocycles. The summed E-state index contributed by atoms with van der Waals surface area (Å²) in [5.41, 5.74) is 0. The van der Waals surface area contributed by atoms with Crippen molar-refractivity contribution in [2.24, 2.45) is 5.92 Å². The second-order valence-corrected chi connectivity index (χ2v) is 6.95. The number of nitrogens with zero attached hydrogens (tertiary/aromatic N) is 1. The Hall–Kier alpha value is -0.100. The van der Waals surface area contributed by atoms with Gasteiger partial charge in [0.15, 0.2) is 0 Å². The molecule has 94 valence electrons. The third-order valence-corrected chi connectivity index (χ3v) is 5.57. The van der Waals surface area contributed by atoms with Gasteiger partial charge in [-0.15, -0.1) is 11.3 Å². The predicted molar refractivity (Wildman–Crippen MR) is 72.6 cm³/mol. The maximum absolute atomic E-state index is 11.2. The number of hydrogen-bond acceptors (Lipinski definition) is 3. The zero-order valence-electron chi connectivity index (χ0n) is 9.32. The van der Waals surface area contributed by atoms with E-state index in [0.717, 1.165) is 26.7 Å². The Labute approximate surface area is 118 Å². The minimum atomic E-state index is -0.725. The van der Waals surface area contributed by atoms with Crippen LogP contribution in [-0.2, 0) is 11.3 Å². The highest BCUT2D eigenvalue weighted by Gasteiger charge is 2.36. The molecule has 1 fully saturated rings. The summed E-state index contributed by atoms with van der Waals surface area (Å²) in [6.07, 6.45) is 0.942. The standard InChI is InChI=1S/C11H13BrClNO2S/c1-6-2-3-14(9(6)11(15)16)5-7-4-8(12)10(13)17-7/h4,6,9H,2-3,5H2,1H3,(H,15,16). The van der Waals surface area contributed by atoms with Gasteiger partial charge in [0.05, 0.1) is 0 Å². The van der Waals surface area contributed by atoms with Gasteiger partial charge in [-0.05, 0) is 40.9 Å². The van der Waals surface area contributed by atoms with Gasteiger partial charge in [0, 0.05) is 15.9 Å². The van der Waals surface area contributed by atoms with Crippen LogP contribution in [0.25, 0.3) is 0 Å². The first-order chi connectivity index (χ1) is 7.99. The number of carbonyl (C=O) groups is 1. The van der Waals surface area contributed by atoms with Crippen LogP contribution >= 0.6 is 38.9 Å². The Bertz CT molecular complexity index is 418.